The van der Waals surface area contributed by atoms with Gasteiger partial charge in [0.2, 0.25) is 0 Å². The summed E-state index contributed by atoms with van der Waals surface area (Å²) in [5, 5.41) is 13.3. The van der Waals surface area contributed by atoms with Crippen molar-refractivity contribution >= 4 is 11.6 Å². The number of nitrogens with zero attached hydrogens (tertiary/aromatic N) is 1. The van der Waals surface area contributed by atoms with E-state index >= 15 is 0 Å². The van der Waals surface area contributed by atoms with E-state index < -0.39 is 5.60 Å². The highest BCUT2D eigenvalue weighted by atomic mass is 16.5. The Labute approximate surface area is 106 Å². The molecule has 1 amide bonds. The number of fused-ring (bicyclic) bond motifs is 1. The van der Waals surface area contributed by atoms with Crippen molar-refractivity contribution in [2.75, 3.05) is 32.1 Å². The van der Waals surface area contributed by atoms with Gasteiger partial charge < -0.3 is 20.1 Å². The summed E-state index contributed by atoms with van der Waals surface area (Å²) in [6.07, 6.45) is 0. The Morgan fingerprint density at radius 1 is 1.56 bits per heavy atom. The summed E-state index contributed by atoms with van der Waals surface area (Å²) in [4.78, 5) is 13.1. The molecule has 18 heavy (non-hydrogen) atoms. The van der Waals surface area contributed by atoms with E-state index in [9.17, 15) is 9.90 Å². The maximum absolute atomic E-state index is 11.6. The summed E-state index contributed by atoms with van der Waals surface area (Å²) < 4.78 is 5.35. The highest BCUT2D eigenvalue weighted by Gasteiger charge is 2.27. The van der Waals surface area contributed by atoms with Crippen LogP contribution in [0.3, 0.4) is 0 Å². The molecule has 0 saturated heterocycles. The molecule has 5 nitrogen and oxygen atoms in total. The molecule has 5 heteroatoms. The number of hydrogen-bond acceptors (Lipinski definition) is 4. The largest absolute Gasteiger partial charge is 0.482 e. The zero-order valence-electron chi connectivity index (χ0n) is 10.9. The van der Waals surface area contributed by atoms with E-state index in [4.69, 9.17) is 4.74 Å². The number of carbonyl (C=O) groups is 1. The van der Waals surface area contributed by atoms with E-state index in [1.807, 2.05) is 6.07 Å². The summed E-state index contributed by atoms with van der Waals surface area (Å²) in [6, 6.07) is 5.40. The molecule has 0 saturated carbocycles. The van der Waals surface area contributed by atoms with Crippen molar-refractivity contribution in [3.63, 3.8) is 0 Å². The first-order valence-corrected chi connectivity index (χ1v) is 5.86. The average Bonchev–Trinajstić information content (AvgIpc) is 2.33. The van der Waals surface area contributed by atoms with Crippen LogP contribution in [0.15, 0.2) is 18.2 Å². The minimum absolute atomic E-state index is 0.0652. The first-order chi connectivity index (χ1) is 8.45. The van der Waals surface area contributed by atoms with Crippen molar-refractivity contribution in [2.24, 2.45) is 0 Å². The Kier molecular flexibility index (Phi) is 3.28. The predicted molar refractivity (Wildman–Crippen MR) is 68.8 cm³/mol. The lowest BCUT2D eigenvalue weighted by Crippen LogP contribution is -2.37. The smallest absolute Gasteiger partial charge is 0.264 e. The van der Waals surface area contributed by atoms with E-state index in [0.29, 0.717) is 18.0 Å². The van der Waals surface area contributed by atoms with Gasteiger partial charge in [-0.25, -0.2) is 0 Å². The minimum Gasteiger partial charge on any atom is -0.482 e. The molecular weight excluding hydrogens is 232 g/mol. The van der Waals surface area contributed by atoms with Crippen LogP contribution in [0.1, 0.15) is 12.5 Å². The SMILES string of the molecule is CNCC(C)(O)c1ccc2c(c1)N(C)C(=O)CO2. The standard InChI is InChI=1S/C13H18N2O3/c1-13(17,8-14-2)9-4-5-11-10(6-9)15(3)12(16)7-18-11/h4-6,14,17H,7-8H2,1-3H3. The second-order valence-electron chi connectivity index (χ2n) is 4.73. The molecule has 1 aromatic rings. The number of carbonyl (C=O) groups excluding carboxylic acids is 1. The third kappa shape index (κ3) is 2.19. The second kappa shape index (κ2) is 4.59. The number of aliphatic hydroxyl groups is 1. The summed E-state index contributed by atoms with van der Waals surface area (Å²) >= 11 is 0. The predicted octanol–water partition coefficient (Wildman–Crippen LogP) is 0.469. The fourth-order valence-corrected chi connectivity index (χ4v) is 2.05. The molecule has 1 atom stereocenters. The average molecular weight is 250 g/mol. The fraction of sp³-hybridized carbons (Fsp3) is 0.462. The zero-order chi connectivity index (χ0) is 13.3. The van der Waals surface area contributed by atoms with Crippen LogP contribution in [0.25, 0.3) is 0 Å². The fourth-order valence-electron chi connectivity index (χ4n) is 2.05. The van der Waals surface area contributed by atoms with Crippen molar-refractivity contribution in [1.29, 1.82) is 0 Å². The van der Waals surface area contributed by atoms with Gasteiger partial charge in [0, 0.05) is 13.6 Å². The van der Waals surface area contributed by atoms with Crippen LogP contribution in [0.2, 0.25) is 0 Å². The first-order valence-electron chi connectivity index (χ1n) is 5.86. The first kappa shape index (κ1) is 12.9. The monoisotopic (exact) mass is 250 g/mol. The van der Waals surface area contributed by atoms with Crippen LogP contribution >= 0.6 is 0 Å². The molecule has 0 spiro atoms. The van der Waals surface area contributed by atoms with E-state index in [1.165, 1.54) is 0 Å². The van der Waals surface area contributed by atoms with Gasteiger partial charge in [0.05, 0.1) is 11.3 Å². The summed E-state index contributed by atoms with van der Waals surface area (Å²) in [7, 11) is 3.49. The normalized spacial score (nSPS) is 18.0. The number of likely N-dealkylation sites (N-methyl/N-ethyl adjacent to an activating group) is 2. The third-order valence-corrected chi connectivity index (χ3v) is 3.19. The van der Waals surface area contributed by atoms with Crippen LogP contribution in [0.5, 0.6) is 5.75 Å². The lowest BCUT2D eigenvalue weighted by Gasteiger charge is -2.29. The van der Waals surface area contributed by atoms with Gasteiger partial charge in [0.1, 0.15) is 5.75 Å². The van der Waals surface area contributed by atoms with Gasteiger partial charge in [-0.3, -0.25) is 4.79 Å². The summed E-state index contributed by atoms with van der Waals surface area (Å²) in [5.41, 5.74) is 0.464. The highest BCUT2D eigenvalue weighted by molar-refractivity contribution is 5.97. The lowest BCUT2D eigenvalue weighted by atomic mass is 9.95. The van der Waals surface area contributed by atoms with Gasteiger partial charge in [-0.05, 0) is 31.7 Å². The molecule has 0 aromatic heterocycles. The van der Waals surface area contributed by atoms with Gasteiger partial charge in [-0.15, -0.1) is 0 Å². The molecule has 1 unspecified atom stereocenters. The van der Waals surface area contributed by atoms with Gasteiger partial charge in [0.15, 0.2) is 6.61 Å². The van der Waals surface area contributed by atoms with E-state index in [2.05, 4.69) is 5.32 Å². The van der Waals surface area contributed by atoms with E-state index in [0.717, 1.165) is 5.56 Å². The van der Waals surface area contributed by atoms with Crippen molar-refractivity contribution in [3.8, 4) is 5.75 Å². The Bertz CT molecular complexity index is 471. The van der Waals surface area contributed by atoms with Gasteiger partial charge in [-0.2, -0.15) is 0 Å². The highest BCUT2D eigenvalue weighted by Crippen LogP contribution is 2.34. The van der Waals surface area contributed by atoms with Crippen LogP contribution in [-0.2, 0) is 10.4 Å². The molecule has 0 fully saturated rings. The number of nitrogens with one attached hydrogen (secondary N) is 1. The summed E-state index contributed by atoms with van der Waals surface area (Å²) in [6.45, 7) is 2.23. The number of hydrogen-bond donors (Lipinski definition) is 2. The molecule has 2 rings (SSSR count). The van der Waals surface area contributed by atoms with Crippen LogP contribution in [0.4, 0.5) is 5.69 Å². The number of benzene rings is 1. The molecule has 98 valence electrons. The van der Waals surface area contributed by atoms with Crippen molar-refractivity contribution < 1.29 is 14.6 Å². The molecule has 1 aliphatic heterocycles. The van der Waals surface area contributed by atoms with E-state index in [-0.39, 0.29) is 12.5 Å². The molecule has 1 aromatic carbocycles. The van der Waals surface area contributed by atoms with Gasteiger partial charge in [-0.1, -0.05) is 6.07 Å². The molecule has 1 heterocycles. The number of anilines is 1. The summed E-state index contributed by atoms with van der Waals surface area (Å²) in [5.74, 6) is 0.578. The van der Waals surface area contributed by atoms with Crippen molar-refractivity contribution in [1.82, 2.24) is 5.32 Å². The zero-order valence-corrected chi connectivity index (χ0v) is 10.9. The third-order valence-electron chi connectivity index (χ3n) is 3.19. The molecule has 0 radical (unpaired) electrons. The molecule has 0 bridgehead atoms. The second-order valence-corrected chi connectivity index (χ2v) is 4.73. The molecule has 1 aliphatic rings. The topological polar surface area (TPSA) is 61.8 Å². The number of ether oxygens (including phenoxy) is 1. The molecular formula is C13H18N2O3. The van der Waals surface area contributed by atoms with Crippen LogP contribution < -0.4 is 15.0 Å². The Balaban J connectivity index is 2.40. The van der Waals surface area contributed by atoms with Crippen molar-refractivity contribution in [2.45, 2.75) is 12.5 Å². The quantitative estimate of drug-likeness (QED) is 0.818. The van der Waals surface area contributed by atoms with Crippen molar-refractivity contribution in [3.05, 3.63) is 23.8 Å². The Hall–Kier alpha value is -1.59. The number of rotatable bonds is 3. The van der Waals surface area contributed by atoms with E-state index in [1.54, 1.807) is 38.1 Å². The maximum atomic E-state index is 11.6. The molecule has 0 aliphatic carbocycles. The molecule has 2 N–H and O–H groups in total. The van der Waals surface area contributed by atoms with Crippen LogP contribution in [0, 0.1) is 0 Å². The van der Waals surface area contributed by atoms with Gasteiger partial charge >= 0.3 is 0 Å². The minimum atomic E-state index is -0.981. The Morgan fingerprint density at radius 3 is 2.94 bits per heavy atom. The maximum Gasteiger partial charge on any atom is 0.264 e. The van der Waals surface area contributed by atoms with Crippen LogP contribution in [-0.4, -0.2) is 38.3 Å². The lowest BCUT2D eigenvalue weighted by molar-refractivity contribution is -0.121. The Morgan fingerprint density at radius 2 is 2.28 bits per heavy atom. The van der Waals surface area contributed by atoms with Gasteiger partial charge in [0.25, 0.3) is 5.91 Å². The number of amides is 1.